The average Bonchev–Trinajstić information content (AvgIpc) is 2.34. The maximum absolute atomic E-state index is 12.1. The van der Waals surface area contributed by atoms with Crippen molar-refractivity contribution in [3.8, 4) is 0 Å². The van der Waals surface area contributed by atoms with Crippen LogP contribution in [0.4, 0.5) is 0 Å². The molecule has 0 bridgehead atoms. The first kappa shape index (κ1) is 16.0. The molecular formula is C14H26N2O3. The topological polar surface area (TPSA) is 58.6 Å². The van der Waals surface area contributed by atoms with E-state index in [0.29, 0.717) is 0 Å². The van der Waals surface area contributed by atoms with Gasteiger partial charge in [-0.3, -0.25) is 14.9 Å². The van der Waals surface area contributed by atoms with E-state index in [0.717, 1.165) is 25.9 Å². The molecule has 0 radical (unpaired) electrons. The lowest BCUT2D eigenvalue weighted by molar-refractivity contribution is -0.153. The van der Waals surface area contributed by atoms with E-state index in [4.69, 9.17) is 4.74 Å². The van der Waals surface area contributed by atoms with E-state index in [2.05, 4.69) is 5.32 Å². The Morgan fingerprint density at radius 2 is 1.79 bits per heavy atom. The SMILES string of the molecule is CC(NCC(=O)OC(C)(C)C)C(=O)N1CCCCC1. The normalized spacial score (nSPS) is 18.0. The number of ether oxygens (including phenoxy) is 1. The lowest BCUT2D eigenvalue weighted by atomic mass is 10.1. The van der Waals surface area contributed by atoms with Crippen LogP contribution in [0.2, 0.25) is 0 Å². The Bertz CT molecular complexity index is 317. The first-order valence-corrected chi connectivity index (χ1v) is 7.03. The smallest absolute Gasteiger partial charge is 0.320 e. The summed E-state index contributed by atoms with van der Waals surface area (Å²) in [7, 11) is 0. The van der Waals surface area contributed by atoms with Gasteiger partial charge in [-0.15, -0.1) is 0 Å². The maximum Gasteiger partial charge on any atom is 0.320 e. The van der Waals surface area contributed by atoms with E-state index in [9.17, 15) is 9.59 Å². The van der Waals surface area contributed by atoms with Crippen molar-refractivity contribution in [2.45, 2.75) is 58.6 Å². The summed E-state index contributed by atoms with van der Waals surface area (Å²) in [4.78, 5) is 25.5. The van der Waals surface area contributed by atoms with Gasteiger partial charge in [0.05, 0.1) is 12.6 Å². The number of nitrogens with one attached hydrogen (secondary N) is 1. The van der Waals surface area contributed by atoms with Crippen LogP contribution in [0.1, 0.15) is 47.0 Å². The second-order valence-electron chi connectivity index (χ2n) is 6.07. The average molecular weight is 270 g/mol. The second-order valence-corrected chi connectivity index (χ2v) is 6.07. The summed E-state index contributed by atoms with van der Waals surface area (Å²) in [6, 6.07) is -0.342. The highest BCUT2D eigenvalue weighted by atomic mass is 16.6. The molecule has 1 heterocycles. The van der Waals surface area contributed by atoms with Crippen molar-refractivity contribution in [2.24, 2.45) is 0 Å². The summed E-state index contributed by atoms with van der Waals surface area (Å²) < 4.78 is 5.19. The molecule has 1 aliphatic rings. The van der Waals surface area contributed by atoms with E-state index < -0.39 is 5.60 Å². The molecule has 1 saturated heterocycles. The highest BCUT2D eigenvalue weighted by Gasteiger charge is 2.23. The zero-order valence-corrected chi connectivity index (χ0v) is 12.5. The van der Waals surface area contributed by atoms with Crippen molar-refractivity contribution in [3.63, 3.8) is 0 Å². The Kier molecular flexibility index (Phi) is 5.79. The monoisotopic (exact) mass is 270 g/mol. The van der Waals surface area contributed by atoms with Crippen LogP contribution < -0.4 is 5.32 Å². The number of rotatable bonds is 4. The molecule has 0 spiro atoms. The lowest BCUT2D eigenvalue weighted by Crippen LogP contribution is -2.48. The standard InChI is InChI=1S/C14H26N2O3/c1-11(13(18)16-8-6-5-7-9-16)15-10-12(17)19-14(2,3)4/h11,15H,5-10H2,1-4H3. The van der Waals surface area contributed by atoms with Gasteiger partial charge in [0, 0.05) is 13.1 Å². The summed E-state index contributed by atoms with van der Waals surface area (Å²) in [6.45, 7) is 9.00. The van der Waals surface area contributed by atoms with Gasteiger partial charge in [0.25, 0.3) is 0 Å². The molecule has 1 unspecified atom stereocenters. The Morgan fingerprint density at radius 1 is 1.21 bits per heavy atom. The fourth-order valence-electron chi connectivity index (χ4n) is 2.09. The summed E-state index contributed by atoms with van der Waals surface area (Å²) in [5, 5.41) is 2.94. The van der Waals surface area contributed by atoms with Gasteiger partial charge < -0.3 is 9.64 Å². The Balaban J connectivity index is 2.31. The molecule has 0 aliphatic carbocycles. The molecule has 0 aromatic rings. The molecule has 1 fully saturated rings. The zero-order valence-electron chi connectivity index (χ0n) is 12.5. The third kappa shape index (κ3) is 6.05. The molecule has 1 rings (SSSR count). The highest BCUT2D eigenvalue weighted by molar-refractivity contribution is 5.82. The minimum Gasteiger partial charge on any atom is -0.459 e. The summed E-state index contributed by atoms with van der Waals surface area (Å²) in [5.74, 6) is -0.256. The molecule has 0 aromatic carbocycles. The second kappa shape index (κ2) is 6.89. The van der Waals surface area contributed by atoms with Gasteiger partial charge in [-0.25, -0.2) is 0 Å². The van der Waals surface area contributed by atoms with Gasteiger partial charge in [-0.1, -0.05) is 0 Å². The van der Waals surface area contributed by atoms with Crippen molar-refractivity contribution >= 4 is 11.9 Å². The quantitative estimate of drug-likeness (QED) is 0.783. The number of carbonyl (C=O) groups is 2. The van der Waals surface area contributed by atoms with Gasteiger partial charge in [0.15, 0.2) is 0 Å². The van der Waals surface area contributed by atoms with Crippen molar-refractivity contribution in [1.82, 2.24) is 10.2 Å². The molecule has 5 nitrogen and oxygen atoms in total. The van der Waals surface area contributed by atoms with Gasteiger partial charge in [0.2, 0.25) is 5.91 Å². The first-order chi connectivity index (χ1) is 8.79. The van der Waals surface area contributed by atoms with Gasteiger partial charge >= 0.3 is 5.97 Å². The number of esters is 1. The van der Waals surface area contributed by atoms with Crippen LogP contribution in [-0.4, -0.2) is 48.1 Å². The number of nitrogens with zero attached hydrogens (tertiary/aromatic N) is 1. The largest absolute Gasteiger partial charge is 0.459 e. The summed E-state index contributed by atoms with van der Waals surface area (Å²) in [6.07, 6.45) is 3.35. The van der Waals surface area contributed by atoms with E-state index >= 15 is 0 Å². The number of hydrogen-bond acceptors (Lipinski definition) is 4. The van der Waals surface area contributed by atoms with Crippen LogP contribution in [0.25, 0.3) is 0 Å². The van der Waals surface area contributed by atoms with E-state index in [1.54, 1.807) is 6.92 Å². The summed E-state index contributed by atoms with van der Waals surface area (Å²) in [5.41, 5.74) is -0.487. The fraction of sp³-hybridized carbons (Fsp3) is 0.857. The van der Waals surface area contributed by atoms with Crippen LogP contribution in [0.15, 0.2) is 0 Å². The van der Waals surface area contributed by atoms with Crippen LogP contribution in [-0.2, 0) is 14.3 Å². The number of piperidine rings is 1. The molecule has 0 saturated carbocycles. The van der Waals surface area contributed by atoms with Crippen LogP contribution in [0.3, 0.4) is 0 Å². The predicted octanol–water partition coefficient (Wildman–Crippen LogP) is 1.32. The molecule has 0 aromatic heterocycles. The van der Waals surface area contributed by atoms with Gasteiger partial charge in [-0.2, -0.15) is 0 Å². The van der Waals surface area contributed by atoms with E-state index in [-0.39, 0.29) is 24.5 Å². The van der Waals surface area contributed by atoms with E-state index in [1.807, 2.05) is 25.7 Å². The predicted molar refractivity (Wildman–Crippen MR) is 73.7 cm³/mol. The number of likely N-dealkylation sites (tertiary alicyclic amines) is 1. The lowest BCUT2D eigenvalue weighted by Gasteiger charge is -2.29. The maximum atomic E-state index is 12.1. The number of hydrogen-bond donors (Lipinski definition) is 1. The molecule has 1 aliphatic heterocycles. The molecular weight excluding hydrogens is 244 g/mol. The Labute approximate surface area is 115 Å². The third-order valence-electron chi connectivity index (χ3n) is 3.01. The molecule has 1 atom stereocenters. The van der Waals surface area contributed by atoms with Crippen molar-refractivity contribution < 1.29 is 14.3 Å². The first-order valence-electron chi connectivity index (χ1n) is 7.03. The minimum absolute atomic E-state index is 0.0675. The van der Waals surface area contributed by atoms with Gasteiger partial charge in [-0.05, 0) is 47.0 Å². The van der Waals surface area contributed by atoms with Gasteiger partial charge in [0.1, 0.15) is 5.60 Å². The highest BCUT2D eigenvalue weighted by Crippen LogP contribution is 2.10. The number of amides is 1. The molecule has 19 heavy (non-hydrogen) atoms. The zero-order chi connectivity index (χ0) is 14.5. The van der Waals surface area contributed by atoms with Crippen LogP contribution in [0.5, 0.6) is 0 Å². The summed E-state index contributed by atoms with van der Waals surface area (Å²) >= 11 is 0. The minimum atomic E-state index is -0.487. The Hall–Kier alpha value is -1.10. The van der Waals surface area contributed by atoms with Crippen LogP contribution in [0, 0.1) is 0 Å². The van der Waals surface area contributed by atoms with Crippen molar-refractivity contribution in [3.05, 3.63) is 0 Å². The molecule has 110 valence electrons. The fourth-order valence-corrected chi connectivity index (χ4v) is 2.09. The third-order valence-corrected chi connectivity index (χ3v) is 3.01. The molecule has 1 N–H and O–H groups in total. The van der Waals surface area contributed by atoms with E-state index in [1.165, 1.54) is 6.42 Å². The Morgan fingerprint density at radius 3 is 2.32 bits per heavy atom. The van der Waals surface area contributed by atoms with Crippen LogP contribution >= 0.6 is 0 Å². The molecule has 5 heteroatoms. The molecule has 1 amide bonds. The van der Waals surface area contributed by atoms with Crippen molar-refractivity contribution in [1.29, 1.82) is 0 Å². The van der Waals surface area contributed by atoms with Crippen molar-refractivity contribution in [2.75, 3.05) is 19.6 Å². The number of carbonyl (C=O) groups excluding carboxylic acids is 2.